The molecule has 0 atom stereocenters. The summed E-state index contributed by atoms with van der Waals surface area (Å²) >= 11 is 0. The summed E-state index contributed by atoms with van der Waals surface area (Å²) in [4.78, 5) is 24.4. The predicted molar refractivity (Wildman–Crippen MR) is 77.0 cm³/mol. The SMILES string of the molecule is CCNC(=O)CCN(C)CCCNCCC(=O)NC. The van der Waals surface area contributed by atoms with E-state index in [1.165, 1.54) is 0 Å². The Balaban J connectivity index is 3.36. The monoisotopic (exact) mass is 272 g/mol. The van der Waals surface area contributed by atoms with Crippen LogP contribution < -0.4 is 16.0 Å². The highest BCUT2D eigenvalue weighted by atomic mass is 16.2. The fourth-order valence-electron chi connectivity index (χ4n) is 1.62. The molecule has 0 unspecified atom stereocenters. The van der Waals surface area contributed by atoms with Crippen molar-refractivity contribution in [3.05, 3.63) is 0 Å². The topological polar surface area (TPSA) is 73.5 Å². The number of nitrogens with one attached hydrogen (secondary N) is 3. The van der Waals surface area contributed by atoms with Crippen molar-refractivity contribution in [1.29, 1.82) is 0 Å². The average Bonchev–Trinajstić information content (AvgIpc) is 2.40. The van der Waals surface area contributed by atoms with Crippen LogP contribution in [0.2, 0.25) is 0 Å². The Morgan fingerprint density at radius 1 is 1.05 bits per heavy atom. The van der Waals surface area contributed by atoms with Crippen molar-refractivity contribution in [3.63, 3.8) is 0 Å². The van der Waals surface area contributed by atoms with Gasteiger partial charge in [0.25, 0.3) is 0 Å². The van der Waals surface area contributed by atoms with Crippen molar-refractivity contribution in [2.24, 2.45) is 0 Å². The van der Waals surface area contributed by atoms with Crippen molar-refractivity contribution in [2.75, 3.05) is 46.8 Å². The summed E-state index contributed by atoms with van der Waals surface area (Å²) in [5.74, 6) is 0.171. The van der Waals surface area contributed by atoms with Gasteiger partial charge >= 0.3 is 0 Å². The molecule has 6 heteroatoms. The van der Waals surface area contributed by atoms with Crippen molar-refractivity contribution in [1.82, 2.24) is 20.9 Å². The van der Waals surface area contributed by atoms with E-state index in [2.05, 4.69) is 20.9 Å². The van der Waals surface area contributed by atoms with Gasteiger partial charge in [0, 0.05) is 39.5 Å². The summed E-state index contributed by atoms with van der Waals surface area (Å²) in [6.07, 6.45) is 2.08. The summed E-state index contributed by atoms with van der Waals surface area (Å²) in [7, 11) is 3.66. The minimum Gasteiger partial charge on any atom is -0.359 e. The van der Waals surface area contributed by atoms with E-state index in [9.17, 15) is 9.59 Å². The molecule has 19 heavy (non-hydrogen) atoms. The van der Waals surface area contributed by atoms with Crippen LogP contribution in [0.25, 0.3) is 0 Å². The molecule has 0 aromatic heterocycles. The molecule has 0 rings (SSSR count). The largest absolute Gasteiger partial charge is 0.359 e. The second kappa shape index (κ2) is 11.9. The highest BCUT2D eigenvalue weighted by Crippen LogP contribution is 1.90. The molecule has 6 nitrogen and oxygen atoms in total. The second-order valence-corrected chi connectivity index (χ2v) is 4.53. The van der Waals surface area contributed by atoms with E-state index in [0.717, 1.165) is 26.1 Å². The number of carbonyl (C=O) groups is 2. The minimum absolute atomic E-state index is 0.0616. The van der Waals surface area contributed by atoms with Crippen molar-refractivity contribution < 1.29 is 9.59 Å². The van der Waals surface area contributed by atoms with E-state index in [1.54, 1.807) is 7.05 Å². The Hall–Kier alpha value is -1.14. The molecule has 3 N–H and O–H groups in total. The van der Waals surface area contributed by atoms with E-state index in [1.807, 2.05) is 14.0 Å². The first-order valence-corrected chi connectivity index (χ1v) is 6.96. The van der Waals surface area contributed by atoms with Crippen LogP contribution in [0.15, 0.2) is 0 Å². The van der Waals surface area contributed by atoms with Gasteiger partial charge in [-0.05, 0) is 33.5 Å². The minimum atomic E-state index is 0.0616. The quantitative estimate of drug-likeness (QED) is 0.446. The molecule has 0 aliphatic carbocycles. The number of hydrogen-bond donors (Lipinski definition) is 3. The molecule has 0 saturated heterocycles. The van der Waals surface area contributed by atoms with Gasteiger partial charge in [-0.3, -0.25) is 9.59 Å². The fraction of sp³-hybridized carbons (Fsp3) is 0.846. The third-order valence-corrected chi connectivity index (χ3v) is 2.80. The lowest BCUT2D eigenvalue weighted by Gasteiger charge is -2.16. The van der Waals surface area contributed by atoms with Crippen LogP contribution in [0.3, 0.4) is 0 Å². The first-order valence-electron chi connectivity index (χ1n) is 6.96. The highest BCUT2D eigenvalue weighted by molar-refractivity contribution is 5.76. The van der Waals surface area contributed by atoms with E-state index in [-0.39, 0.29) is 11.8 Å². The number of amides is 2. The molecule has 0 spiro atoms. The third-order valence-electron chi connectivity index (χ3n) is 2.80. The Labute approximate surface area is 116 Å². The molecular weight excluding hydrogens is 244 g/mol. The summed E-state index contributed by atoms with van der Waals surface area (Å²) in [5, 5.41) is 8.60. The predicted octanol–water partition coefficient (Wildman–Crippen LogP) is -0.440. The van der Waals surface area contributed by atoms with Gasteiger partial charge in [-0.15, -0.1) is 0 Å². The van der Waals surface area contributed by atoms with Crippen LogP contribution in [0.1, 0.15) is 26.2 Å². The molecule has 0 fully saturated rings. The maximum Gasteiger partial charge on any atom is 0.221 e. The molecule has 0 aromatic rings. The molecule has 0 bridgehead atoms. The highest BCUT2D eigenvalue weighted by Gasteiger charge is 2.03. The van der Waals surface area contributed by atoms with Gasteiger partial charge in [0.2, 0.25) is 11.8 Å². The lowest BCUT2D eigenvalue weighted by Crippen LogP contribution is -2.30. The molecule has 2 amide bonds. The third kappa shape index (κ3) is 11.7. The van der Waals surface area contributed by atoms with Crippen molar-refractivity contribution in [3.8, 4) is 0 Å². The Morgan fingerprint density at radius 2 is 1.79 bits per heavy atom. The number of rotatable bonds is 11. The maximum atomic E-state index is 11.3. The summed E-state index contributed by atoms with van der Waals surface area (Å²) < 4.78 is 0. The second-order valence-electron chi connectivity index (χ2n) is 4.53. The molecule has 0 radical (unpaired) electrons. The normalized spacial score (nSPS) is 10.5. The van der Waals surface area contributed by atoms with Gasteiger partial charge in [-0.25, -0.2) is 0 Å². The zero-order chi connectivity index (χ0) is 14.5. The van der Waals surface area contributed by atoms with Crippen LogP contribution in [-0.2, 0) is 9.59 Å². The van der Waals surface area contributed by atoms with E-state index in [0.29, 0.717) is 25.9 Å². The standard InChI is InChI=1S/C13H28N4O2/c1-4-16-13(19)7-11-17(3)10-5-8-15-9-6-12(18)14-2/h15H,4-11H2,1-3H3,(H,14,18)(H,16,19). The van der Waals surface area contributed by atoms with Gasteiger partial charge in [-0.2, -0.15) is 0 Å². The maximum absolute atomic E-state index is 11.3. The van der Waals surface area contributed by atoms with Crippen molar-refractivity contribution >= 4 is 11.8 Å². The molecule has 0 aliphatic heterocycles. The van der Waals surface area contributed by atoms with E-state index >= 15 is 0 Å². The van der Waals surface area contributed by atoms with E-state index < -0.39 is 0 Å². The zero-order valence-electron chi connectivity index (χ0n) is 12.4. The fourth-order valence-corrected chi connectivity index (χ4v) is 1.62. The average molecular weight is 272 g/mol. The van der Waals surface area contributed by atoms with Gasteiger partial charge in [0.05, 0.1) is 0 Å². The number of nitrogens with zero attached hydrogens (tertiary/aromatic N) is 1. The first kappa shape index (κ1) is 17.9. The molecule has 0 saturated carbocycles. The van der Waals surface area contributed by atoms with Crippen LogP contribution >= 0.6 is 0 Å². The van der Waals surface area contributed by atoms with Crippen LogP contribution in [0.4, 0.5) is 0 Å². The van der Waals surface area contributed by atoms with E-state index in [4.69, 9.17) is 0 Å². The van der Waals surface area contributed by atoms with Crippen LogP contribution in [0.5, 0.6) is 0 Å². The van der Waals surface area contributed by atoms with Gasteiger partial charge in [0.15, 0.2) is 0 Å². The smallest absolute Gasteiger partial charge is 0.221 e. The zero-order valence-corrected chi connectivity index (χ0v) is 12.4. The molecular formula is C13H28N4O2. The lowest BCUT2D eigenvalue weighted by atomic mass is 10.3. The van der Waals surface area contributed by atoms with Crippen LogP contribution in [-0.4, -0.2) is 63.5 Å². The summed E-state index contributed by atoms with van der Waals surface area (Å²) in [6, 6.07) is 0. The Kier molecular flexibility index (Phi) is 11.2. The Morgan fingerprint density at radius 3 is 2.42 bits per heavy atom. The number of carbonyl (C=O) groups excluding carboxylic acids is 2. The van der Waals surface area contributed by atoms with Gasteiger partial charge in [-0.1, -0.05) is 0 Å². The first-order chi connectivity index (χ1) is 9.10. The Bertz CT molecular complexity index is 259. The van der Waals surface area contributed by atoms with Gasteiger partial charge < -0.3 is 20.9 Å². The van der Waals surface area contributed by atoms with Crippen LogP contribution in [0, 0.1) is 0 Å². The number of hydrogen-bond acceptors (Lipinski definition) is 4. The lowest BCUT2D eigenvalue weighted by molar-refractivity contribution is -0.121. The molecule has 0 heterocycles. The van der Waals surface area contributed by atoms with Crippen molar-refractivity contribution in [2.45, 2.75) is 26.2 Å². The summed E-state index contributed by atoms with van der Waals surface area (Å²) in [6.45, 7) is 5.95. The molecule has 0 aromatic carbocycles. The van der Waals surface area contributed by atoms with Gasteiger partial charge in [0.1, 0.15) is 0 Å². The molecule has 112 valence electrons. The molecule has 0 aliphatic rings. The summed E-state index contributed by atoms with van der Waals surface area (Å²) in [5.41, 5.74) is 0.